The molecule has 0 saturated heterocycles. The van der Waals surface area contributed by atoms with Gasteiger partial charge < -0.3 is 15.5 Å². The molecule has 1 heterocycles. The van der Waals surface area contributed by atoms with Crippen molar-refractivity contribution in [3.63, 3.8) is 0 Å². The maximum atomic E-state index is 11.5. The van der Waals surface area contributed by atoms with Crippen LogP contribution in [0.1, 0.15) is 17.4 Å². The molecule has 0 spiro atoms. The van der Waals surface area contributed by atoms with Crippen LogP contribution >= 0.6 is 0 Å². The molecule has 0 aromatic carbocycles. The van der Waals surface area contributed by atoms with Crippen LogP contribution in [0, 0.1) is 0 Å². The molecule has 0 radical (unpaired) electrons. The first-order valence-electron chi connectivity index (χ1n) is 5.62. The monoisotopic (exact) mass is 251 g/mol. The maximum absolute atomic E-state index is 11.5. The van der Waals surface area contributed by atoms with Crippen LogP contribution in [0.2, 0.25) is 0 Å². The van der Waals surface area contributed by atoms with E-state index in [-0.39, 0.29) is 24.1 Å². The average Bonchev–Trinajstić information content (AvgIpc) is 2.43. The van der Waals surface area contributed by atoms with Crippen molar-refractivity contribution >= 4 is 17.6 Å². The summed E-state index contributed by atoms with van der Waals surface area (Å²) in [6.07, 6.45) is 0. The normalized spacial score (nSPS) is 9.72. The minimum absolute atomic E-state index is 0.0327. The summed E-state index contributed by atoms with van der Waals surface area (Å²) in [7, 11) is 3.25. The van der Waals surface area contributed by atoms with E-state index in [4.69, 9.17) is 0 Å². The topological polar surface area (TPSA) is 87.2 Å². The molecule has 0 fully saturated rings. The molecular formula is C11H17N5O2. The Bertz CT molecular complexity index is 418. The van der Waals surface area contributed by atoms with Gasteiger partial charge in [0.25, 0.3) is 5.91 Å². The number of nitrogens with one attached hydrogen (secondary N) is 2. The minimum Gasteiger partial charge on any atom is -0.360 e. The van der Waals surface area contributed by atoms with E-state index in [1.807, 2.05) is 6.92 Å². The van der Waals surface area contributed by atoms with Crippen LogP contribution in [-0.2, 0) is 4.79 Å². The molecule has 7 heteroatoms. The summed E-state index contributed by atoms with van der Waals surface area (Å²) in [5.74, 6) is 0.131. The quantitative estimate of drug-likeness (QED) is 0.752. The van der Waals surface area contributed by atoms with Crippen molar-refractivity contribution in [3.05, 3.63) is 17.8 Å². The van der Waals surface area contributed by atoms with Gasteiger partial charge in [0.05, 0.1) is 6.54 Å². The van der Waals surface area contributed by atoms with Gasteiger partial charge in [0, 0.05) is 20.6 Å². The van der Waals surface area contributed by atoms with Gasteiger partial charge in [-0.25, -0.2) is 0 Å². The lowest BCUT2D eigenvalue weighted by atomic mass is 10.3. The molecule has 0 aliphatic heterocycles. The fourth-order valence-electron chi connectivity index (χ4n) is 1.15. The van der Waals surface area contributed by atoms with Gasteiger partial charge in [-0.15, -0.1) is 10.2 Å². The Morgan fingerprint density at radius 1 is 1.33 bits per heavy atom. The Hall–Kier alpha value is -2.18. The maximum Gasteiger partial charge on any atom is 0.271 e. The summed E-state index contributed by atoms with van der Waals surface area (Å²) < 4.78 is 0. The predicted octanol–water partition coefficient (Wildman–Crippen LogP) is -0.274. The number of hydrogen-bond donors (Lipinski definition) is 2. The van der Waals surface area contributed by atoms with Crippen molar-refractivity contribution in [2.45, 2.75) is 6.92 Å². The third kappa shape index (κ3) is 3.69. The van der Waals surface area contributed by atoms with Crippen LogP contribution in [0.15, 0.2) is 12.1 Å². The zero-order chi connectivity index (χ0) is 13.5. The molecule has 0 atom stereocenters. The Kier molecular flexibility index (Phi) is 5.04. The Morgan fingerprint density at radius 3 is 2.56 bits per heavy atom. The highest BCUT2D eigenvalue weighted by Gasteiger charge is 2.08. The first-order valence-corrected chi connectivity index (χ1v) is 5.62. The van der Waals surface area contributed by atoms with Gasteiger partial charge in [0.15, 0.2) is 5.69 Å². The Labute approximate surface area is 106 Å². The lowest BCUT2D eigenvalue weighted by molar-refractivity contribution is -0.127. The second kappa shape index (κ2) is 6.53. The molecule has 98 valence electrons. The van der Waals surface area contributed by atoms with Crippen molar-refractivity contribution in [2.75, 3.05) is 32.5 Å². The van der Waals surface area contributed by atoms with Crippen LogP contribution in [-0.4, -0.2) is 54.1 Å². The van der Waals surface area contributed by atoms with Crippen molar-refractivity contribution in [1.29, 1.82) is 0 Å². The van der Waals surface area contributed by atoms with Crippen LogP contribution < -0.4 is 10.6 Å². The number of carbonyl (C=O) groups excluding carboxylic acids is 2. The summed E-state index contributed by atoms with van der Waals surface area (Å²) in [6, 6.07) is 3.15. The highest BCUT2D eigenvalue weighted by atomic mass is 16.2. The van der Waals surface area contributed by atoms with Gasteiger partial charge in [-0.2, -0.15) is 0 Å². The van der Waals surface area contributed by atoms with E-state index in [1.165, 1.54) is 7.05 Å². The van der Waals surface area contributed by atoms with Gasteiger partial charge in [-0.1, -0.05) is 0 Å². The van der Waals surface area contributed by atoms with Crippen LogP contribution in [0.3, 0.4) is 0 Å². The van der Waals surface area contributed by atoms with Crippen molar-refractivity contribution in [3.8, 4) is 0 Å². The summed E-state index contributed by atoms with van der Waals surface area (Å²) in [5, 5.41) is 12.9. The lowest BCUT2D eigenvalue weighted by Gasteiger charge is -2.14. The number of amides is 2. The van der Waals surface area contributed by atoms with E-state index in [0.717, 1.165) is 0 Å². The summed E-state index contributed by atoms with van der Waals surface area (Å²) in [4.78, 5) is 24.3. The number of carbonyl (C=O) groups is 2. The molecular weight excluding hydrogens is 234 g/mol. The zero-order valence-electron chi connectivity index (χ0n) is 10.7. The Balaban J connectivity index is 2.54. The minimum atomic E-state index is -0.296. The van der Waals surface area contributed by atoms with Crippen LogP contribution in [0.4, 0.5) is 5.82 Å². The van der Waals surface area contributed by atoms with Crippen LogP contribution in [0.5, 0.6) is 0 Å². The van der Waals surface area contributed by atoms with Gasteiger partial charge in [-0.05, 0) is 19.1 Å². The molecule has 18 heavy (non-hydrogen) atoms. The Morgan fingerprint density at radius 2 is 2.06 bits per heavy atom. The first-order chi connectivity index (χ1) is 8.58. The SMILES string of the molecule is CCN(C)C(=O)CNc1ccc(C(=O)NC)nn1. The zero-order valence-corrected chi connectivity index (χ0v) is 10.7. The van der Waals surface area contributed by atoms with E-state index < -0.39 is 0 Å². The number of nitrogens with zero attached hydrogens (tertiary/aromatic N) is 3. The molecule has 0 unspecified atom stereocenters. The number of likely N-dealkylation sites (N-methyl/N-ethyl adjacent to an activating group) is 1. The summed E-state index contributed by atoms with van der Waals surface area (Å²) in [5.41, 5.74) is 0.236. The van der Waals surface area contributed by atoms with E-state index in [0.29, 0.717) is 12.4 Å². The number of aromatic nitrogens is 2. The number of hydrogen-bond acceptors (Lipinski definition) is 5. The molecule has 0 bridgehead atoms. The molecule has 0 aliphatic carbocycles. The van der Waals surface area contributed by atoms with E-state index in [9.17, 15) is 9.59 Å². The first kappa shape index (κ1) is 13.9. The van der Waals surface area contributed by atoms with Crippen molar-refractivity contribution in [1.82, 2.24) is 20.4 Å². The molecule has 0 saturated carbocycles. The van der Waals surface area contributed by atoms with Crippen molar-refractivity contribution < 1.29 is 9.59 Å². The molecule has 1 aromatic heterocycles. The summed E-state index contributed by atoms with van der Waals surface area (Å²) >= 11 is 0. The van der Waals surface area contributed by atoms with Crippen molar-refractivity contribution in [2.24, 2.45) is 0 Å². The lowest BCUT2D eigenvalue weighted by Crippen LogP contribution is -2.32. The standard InChI is InChI=1S/C11H17N5O2/c1-4-16(3)10(17)7-13-9-6-5-8(14-15-9)11(18)12-2/h5-6H,4,7H2,1-3H3,(H,12,18)(H,13,15). The molecule has 2 N–H and O–H groups in total. The predicted molar refractivity (Wildman–Crippen MR) is 67.2 cm³/mol. The fraction of sp³-hybridized carbons (Fsp3) is 0.455. The molecule has 0 aliphatic rings. The van der Waals surface area contributed by atoms with Crippen LogP contribution in [0.25, 0.3) is 0 Å². The highest BCUT2D eigenvalue weighted by Crippen LogP contribution is 2.01. The molecule has 1 aromatic rings. The highest BCUT2D eigenvalue weighted by molar-refractivity contribution is 5.91. The van der Waals surface area contributed by atoms with E-state index in [2.05, 4.69) is 20.8 Å². The molecule has 1 rings (SSSR count). The fourth-order valence-corrected chi connectivity index (χ4v) is 1.15. The summed E-state index contributed by atoms with van der Waals surface area (Å²) in [6.45, 7) is 2.70. The number of rotatable bonds is 5. The third-order valence-electron chi connectivity index (χ3n) is 2.45. The average molecular weight is 251 g/mol. The van der Waals surface area contributed by atoms with Gasteiger partial charge in [0.2, 0.25) is 5.91 Å². The molecule has 2 amide bonds. The molecule has 7 nitrogen and oxygen atoms in total. The second-order valence-electron chi connectivity index (χ2n) is 3.64. The van der Waals surface area contributed by atoms with Gasteiger partial charge in [0.1, 0.15) is 5.82 Å². The number of anilines is 1. The smallest absolute Gasteiger partial charge is 0.271 e. The largest absolute Gasteiger partial charge is 0.360 e. The second-order valence-corrected chi connectivity index (χ2v) is 3.64. The third-order valence-corrected chi connectivity index (χ3v) is 2.45. The van der Waals surface area contributed by atoms with Gasteiger partial charge in [-0.3, -0.25) is 9.59 Å². The van der Waals surface area contributed by atoms with Gasteiger partial charge >= 0.3 is 0 Å². The van der Waals surface area contributed by atoms with E-state index in [1.54, 1.807) is 24.1 Å². The van der Waals surface area contributed by atoms with E-state index >= 15 is 0 Å².